The van der Waals surface area contributed by atoms with E-state index in [2.05, 4.69) is 0 Å². The van der Waals surface area contributed by atoms with Gasteiger partial charge in [0.15, 0.2) is 5.78 Å². The highest BCUT2D eigenvalue weighted by Crippen LogP contribution is 2.25. The van der Waals surface area contributed by atoms with Gasteiger partial charge >= 0.3 is 6.09 Å². The predicted molar refractivity (Wildman–Crippen MR) is 161 cm³/mol. The van der Waals surface area contributed by atoms with Crippen LogP contribution in [0, 0.1) is 5.92 Å². The first-order valence-corrected chi connectivity index (χ1v) is 16.1. The van der Waals surface area contributed by atoms with Crippen LogP contribution in [-0.4, -0.2) is 65.9 Å². The van der Waals surface area contributed by atoms with E-state index < -0.39 is 33.8 Å². The molecule has 1 fully saturated rings. The van der Waals surface area contributed by atoms with Gasteiger partial charge in [0.1, 0.15) is 12.6 Å². The van der Waals surface area contributed by atoms with E-state index in [0.29, 0.717) is 18.4 Å². The van der Waals surface area contributed by atoms with Crippen LogP contribution >= 0.6 is 0 Å². The number of nitrogens with zero attached hydrogens (tertiary/aromatic N) is 3. The first-order valence-electron chi connectivity index (χ1n) is 14.3. The number of amides is 2. The molecule has 0 aromatic heterocycles. The van der Waals surface area contributed by atoms with Crippen molar-refractivity contribution in [3.63, 3.8) is 0 Å². The molecule has 42 heavy (non-hydrogen) atoms. The standard InChI is InChI=1S/C32H39N3O6S/c1-24(2)15-18-31(37)35(34(42(3,39)40)21-26-16-17-27-12-7-8-13-28(27)20-26)29-14-9-19-33(22-30(29)36)32(38)41-23-25-10-5-4-6-11-25/h4-8,10-13,16-17,20,24,29H,9,14-15,18-19,21-23H2,1-3H3. The Morgan fingerprint density at radius 3 is 2.36 bits per heavy atom. The number of benzene rings is 3. The Morgan fingerprint density at radius 1 is 0.976 bits per heavy atom. The number of likely N-dealkylation sites (tertiary alicyclic amines) is 1. The maximum Gasteiger partial charge on any atom is 0.410 e. The summed E-state index contributed by atoms with van der Waals surface area (Å²) in [5, 5.41) is 3.10. The van der Waals surface area contributed by atoms with Gasteiger partial charge in [0.2, 0.25) is 15.9 Å². The SMILES string of the molecule is CC(C)CCC(=O)N(C1CCCN(C(=O)OCc2ccccc2)CC1=O)N(Cc1ccc2ccccc2c1)S(C)(=O)=O. The smallest absolute Gasteiger partial charge is 0.410 e. The summed E-state index contributed by atoms with van der Waals surface area (Å²) in [7, 11) is -3.97. The summed E-state index contributed by atoms with van der Waals surface area (Å²) in [5.74, 6) is -0.634. The van der Waals surface area contributed by atoms with Gasteiger partial charge in [-0.25, -0.2) is 13.2 Å². The molecular formula is C32H39N3O6S. The van der Waals surface area contributed by atoms with Gasteiger partial charge in [-0.15, -0.1) is 4.41 Å². The van der Waals surface area contributed by atoms with Gasteiger partial charge in [0.05, 0.1) is 19.3 Å². The summed E-state index contributed by atoms with van der Waals surface area (Å²) < 4.78 is 33.0. The van der Waals surface area contributed by atoms with Gasteiger partial charge < -0.3 is 9.64 Å². The van der Waals surface area contributed by atoms with Crippen molar-refractivity contribution in [3.8, 4) is 0 Å². The molecule has 0 bridgehead atoms. The molecule has 1 unspecified atom stereocenters. The molecule has 0 radical (unpaired) electrons. The van der Waals surface area contributed by atoms with Gasteiger partial charge in [-0.1, -0.05) is 80.6 Å². The zero-order chi connectivity index (χ0) is 30.3. The van der Waals surface area contributed by atoms with Crippen molar-refractivity contribution in [2.75, 3.05) is 19.3 Å². The number of hydrogen-bond acceptors (Lipinski definition) is 6. The van der Waals surface area contributed by atoms with Crippen LogP contribution in [-0.2, 0) is 37.5 Å². The lowest BCUT2D eigenvalue weighted by Crippen LogP contribution is -2.57. The average Bonchev–Trinajstić information content (AvgIpc) is 3.16. The molecule has 0 aliphatic carbocycles. The zero-order valence-electron chi connectivity index (χ0n) is 24.4. The lowest BCUT2D eigenvalue weighted by molar-refractivity contribution is -0.152. The van der Waals surface area contributed by atoms with Crippen LogP contribution in [0.2, 0.25) is 0 Å². The number of carbonyl (C=O) groups is 3. The van der Waals surface area contributed by atoms with Crippen molar-refractivity contribution in [1.29, 1.82) is 0 Å². The Bertz CT molecular complexity index is 1510. The van der Waals surface area contributed by atoms with E-state index in [1.807, 2.05) is 86.6 Å². The van der Waals surface area contributed by atoms with Gasteiger partial charge in [-0.2, -0.15) is 0 Å². The van der Waals surface area contributed by atoms with Crippen molar-refractivity contribution < 1.29 is 27.5 Å². The van der Waals surface area contributed by atoms with E-state index in [4.69, 9.17) is 4.74 Å². The van der Waals surface area contributed by atoms with Crippen LogP contribution in [0.1, 0.15) is 50.7 Å². The monoisotopic (exact) mass is 593 g/mol. The van der Waals surface area contributed by atoms with Crippen LogP contribution in [0.5, 0.6) is 0 Å². The average molecular weight is 594 g/mol. The fourth-order valence-electron chi connectivity index (χ4n) is 5.06. The van der Waals surface area contributed by atoms with Crippen molar-refractivity contribution in [3.05, 3.63) is 83.9 Å². The summed E-state index contributed by atoms with van der Waals surface area (Å²) in [6.45, 7) is 3.91. The fourth-order valence-corrected chi connectivity index (χ4v) is 5.97. The zero-order valence-corrected chi connectivity index (χ0v) is 25.3. The molecule has 10 heteroatoms. The third-order valence-corrected chi connectivity index (χ3v) is 8.40. The minimum atomic E-state index is -3.97. The van der Waals surface area contributed by atoms with Crippen molar-refractivity contribution >= 4 is 38.6 Å². The molecule has 1 heterocycles. The van der Waals surface area contributed by atoms with E-state index in [-0.39, 0.29) is 45.0 Å². The van der Waals surface area contributed by atoms with E-state index >= 15 is 0 Å². The van der Waals surface area contributed by atoms with E-state index in [9.17, 15) is 22.8 Å². The molecule has 0 saturated carbocycles. The molecule has 4 rings (SSSR count). The molecule has 9 nitrogen and oxygen atoms in total. The van der Waals surface area contributed by atoms with Crippen LogP contribution in [0.25, 0.3) is 10.8 Å². The summed E-state index contributed by atoms with van der Waals surface area (Å²) >= 11 is 0. The fraction of sp³-hybridized carbons (Fsp3) is 0.406. The van der Waals surface area contributed by atoms with E-state index in [1.54, 1.807) is 0 Å². The number of fused-ring (bicyclic) bond motifs is 1. The Hall–Kier alpha value is -3.76. The summed E-state index contributed by atoms with van der Waals surface area (Å²) in [4.78, 5) is 41.6. The number of hydrazine groups is 1. The van der Waals surface area contributed by atoms with Crippen LogP contribution < -0.4 is 0 Å². The number of ether oxygens (including phenoxy) is 1. The maximum atomic E-state index is 13.7. The molecule has 2 amide bonds. The third kappa shape index (κ3) is 8.17. The van der Waals surface area contributed by atoms with Gasteiger partial charge in [-0.05, 0) is 53.1 Å². The van der Waals surface area contributed by atoms with Crippen molar-refractivity contribution in [2.45, 2.75) is 58.7 Å². The second-order valence-electron chi connectivity index (χ2n) is 11.2. The highest BCUT2D eigenvalue weighted by Gasteiger charge is 2.40. The second-order valence-corrected chi connectivity index (χ2v) is 13.1. The Kier molecular flexibility index (Phi) is 10.3. The minimum Gasteiger partial charge on any atom is -0.445 e. The number of carbonyl (C=O) groups excluding carboxylic acids is 3. The Labute approximate surface area is 248 Å². The van der Waals surface area contributed by atoms with Gasteiger partial charge in [0.25, 0.3) is 0 Å². The topological polar surface area (TPSA) is 104 Å². The lowest BCUT2D eigenvalue weighted by atomic mass is 10.0. The molecule has 1 saturated heterocycles. The molecule has 1 aliphatic rings. The third-order valence-electron chi connectivity index (χ3n) is 7.33. The molecule has 1 atom stereocenters. The number of hydrogen-bond donors (Lipinski definition) is 0. The van der Waals surface area contributed by atoms with Crippen LogP contribution in [0.4, 0.5) is 4.79 Å². The summed E-state index contributed by atoms with van der Waals surface area (Å²) in [6, 6.07) is 21.6. The molecule has 1 aliphatic heterocycles. The van der Waals surface area contributed by atoms with Crippen LogP contribution in [0.3, 0.4) is 0 Å². The summed E-state index contributed by atoms with van der Waals surface area (Å²) in [6.07, 6.45) is 1.68. The molecule has 3 aromatic carbocycles. The minimum absolute atomic E-state index is 0.0707. The summed E-state index contributed by atoms with van der Waals surface area (Å²) in [5.41, 5.74) is 1.51. The largest absolute Gasteiger partial charge is 0.445 e. The van der Waals surface area contributed by atoms with Gasteiger partial charge in [-0.3, -0.25) is 14.6 Å². The molecule has 0 spiro atoms. The Balaban J connectivity index is 1.59. The number of Topliss-reactive ketones (excluding diaryl/α,β-unsaturated/α-hetero) is 1. The highest BCUT2D eigenvalue weighted by atomic mass is 32.2. The van der Waals surface area contributed by atoms with Crippen LogP contribution in [0.15, 0.2) is 72.8 Å². The van der Waals surface area contributed by atoms with Crippen molar-refractivity contribution in [2.24, 2.45) is 5.92 Å². The second kappa shape index (κ2) is 13.9. The highest BCUT2D eigenvalue weighted by molar-refractivity contribution is 7.88. The maximum absolute atomic E-state index is 13.7. The van der Waals surface area contributed by atoms with E-state index in [0.717, 1.165) is 32.0 Å². The van der Waals surface area contributed by atoms with Crippen molar-refractivity contribution in [1.82, 2.24) is 14.3 Å². The Morgan fingerprint density at radius 2 is 1.67 bits per heavy atom. The van der Waals surface area contributed by atoms with Gasteiger partial charge in [0, 0.05) is 13.0 Å². The number of rotatable bonds is 10. The molecule has 3 aromatic rings. The predicted octanol–water partition coefficient (Wildman–Crippen LogP) is 5.15. The molecular weight excluding hydrogens is 554 g/mol. The number of sulfonamides is 1. The number of ketones is 1. The lowest BCUT2D eigenvalue weighted by Gasteiger charge is -2.38. The molecule has 0 N–H and O–H groups in total. The first-order chi connectivity index (χ1) is 20.0. The normalized spacial score (nSPS) is 16.1. The molecule has 224 valence electrons. The quantitative estimate of drug-likeness (QED) is 0.301. The first kappa shape index (κ1) is 31.2. The van der Waals surface area contributed by atoms with E-state index in [1.165, 1.54) is 4.90 Å².